The quantitative estimate of drug-likeness (QED) is 0.871. The molecule has 2 rings (SSSR count). The fraction of sp³-hybridized carbons (Fsp3) is 0.588. The predicted molar refractivity (Wildman–Crippen MR) is 89.7 cm³/mol. The third kappa shape index (κ3) is 3.80. The normalized spacial score (nSPS) is 21.6. The molecule has 1 heterocycles. The van der Waals surface area contributed by atoms with Crippen molar-refractivity contribution in [2.75, 3.05) is 13.1 Å². The summed E-state index contributed by atoms with van der Waals surface area (Å²) in [6.07, 6.45) is 0.873. The van der Waals surface area contributed by atoms with Gasteiger partial charge in [0.15, 0.2) is 0 Å². The zero-order chi connectivity index (χ0) is 15.6. The highest BCUT2D eigenvalue weighted by atomic mass is 32.2. The van der Waals surface area contributed by atoms with Crippen LogP contribution in [0.5, 0.6) is 0 Å². The van der Waals surface area contributed by atoms with Crippen LogP contribution in [0.4, 0.5) is 0 Å². The van der Waals surface area contributed by atoms with Crippen LogP contribution < -0.4 is 5.73 Å². The van der Waals surface area contributed by atoms with Gasteiger partial charge in [-0.25, -0.2) is 0 Å². The van der Waals surface area contributed by atoms with Crippen molar-refractivity contribution in [2.45, 2.75) is 50.3 Å². The Hall–Kier alpha value is -1.00. The van der Waals surface area contributed by atoms with E-state index in [1.165, 1.54) is 0 Å². The standard InChI is InChI=1S/C17H26N2OS/c1-12(2)21-14-8-6-5-7-13(14)16(20)19-10-9-15(18)17(3,4)11-19/h5-8,12,15H,9-11,18H2,1-4H3. The van der Waals surface area contributed by atoms with Gasteiger partial charge in [0.05, 0.1) is 5.56 Å². The summed E-state index contributed by atoms with van der Waals surface area (Å²) in [5, 5.41) is 0.463. The van der Waals surface area contributed by atoms with Gasteiger partial charge in [-0.15, -0.1) is 11.8 Å². The van der Waals surface area contributed by atoms with Crippen LogP contribution in [0.15, 0.2) is 29.2 Å². The molecule has 1 aliphatic rings. The van der Waals surface area contributed by atoms with Crippen LogP contribution in [0, 0.1) is 5.41 Å². The van der Waals surface area contributed by atoms with Crippen molar-refractivity contribution < 1.29 is 4.79 Å². The Kier molecular flexibility index (Phi) is 4.99. The second-order valence-electron chi connectivity index (χ2n) is 6.77. The average molecular weight is 306 g/mol. The van der Waals surface area contributed by atoms with Crippen molar-refractivity contribution in [3.8, 4) is 0 Å². The molecule has 1 fully saturated rings. The molecule has 1 unspecified atom stereocenters. The van der Waals surface area contributed by atoms with Gasteiger partial charge in [0, 0.05) is 29.3 Å². The van der Waals surface area contributed by atoms with Gasteiger partial charge in [0.25, 0.3) is 5.91 Å². The van der Waals surface area contributed by atoms with E-state index in [0.29, 0.717) is 5.25 Å². The smallest absolute Gasteiger partial charge is 0.255 e. The Morgan fingerprint density at radius 3 is 2.67 bits per heavy atom. The molecular weight excluding hydrogens is 280 g/mol. The van der Waals surface area contributed by atoms with Crippen molar-refractivity contribution in [3.63, 3.8) is 0 Å². The minimum absolute atomic E-state index is 0.0198. The third-order valence-electron chi connectivity index (χ3n) is 4.08. The molecule has 116 valence electrons. The van der Waals surface area contributed by atoms with E-state index in [9.17, 15) is 4.79 Å². The molecule has 1 atom stereocenters. The van der Waals surface area contributed by atoms with Crippen LogP contribution in [-0.4, -0.2) is 35.2 Å². The lowest BCUT2D eigenvalue weighted by atomic mass is 9.79. The molecule has 0 spiro atoms. The van der Waals surface area contributed by atoms with Gasteiger partial charge >= 0.3 is 0 Å². The van der Waals surface area contributed by atoms with E-state index < -0.39 is 0 Å². The highest BCUT2D eigenvalue weighted by Gasteiger charge is 2.35. The number of carbonyl (C=O) groups is 1. The number of nitrogens with two attached hydrogens (primary N) is 1. The van der Waals surface area contributed by atoms with Crippen LogP contribution in [0.1, 0.15) is 44.5 Å². The number of piperidine rings is 1. The van der Waals surface area contributed by atoms with Crippen molar-refractivity contribution in [1.29, 1.82) is 0 Å². The molecular formula is C17H26N2OS. The number of amides is 1. The van der Waals surface area contributed by atoms with E-state index in [4.69, 9.17) is 5.73 Å². The molecule has 0 saturated carbocycles. The van der Waals surface area contributed by atoms with E-state index in [1.807, 2.05) is 29.2 Å². The first-order valence-corrected chi connectivity index (χ1v) is 8.50. The lowest BCUT2D eigenvalue weighted by molar-refractivity contribution is 0.0529. The maximum Gasteiger partial charge on any atom is 0.255 e. The summed E-state index contributed by atoms with van der Waals surface area (Å²) >= 11 is 1.75. The Morgan fingerprint density at radius 2 is 2.05 bits per heavy atom. The highest BCUT2D eigenvalue weighted by molar-refractivity contribution is 8.00. The first kappa shape index (κ1) is 16.4. The molecule has 1 aromatic rings. The zero-order valence-corrected chi connectivity index (χ0v) is 14.2. The van der Waals surface area contributed by atoms with E-state index >= 15 is 0 Å². The maximum atomic E-state index is 12.9. The van der Waals surface area contributed by atoms with Gasteiger partial charge in [-0.2, -0.15) is 0 Å². The maximum absolute atomic E-state index is 12.9. The summed E-state index contributed by atoms with van der Waals surface area (Å²) in [5.74, 6) is 0.138. The molecule has 1 aromatic carbocycles. The Bertz CT molecular complexity index is 513. The Balaban J connectivity index is 2.21. The van der Waals surface area contributed by atoms with Crippen molar-refractivity contribution >= 4 is 17.7 Å². The van der Waals surface area contributed by atoms with Crippen molar-refractivity contribution in [2.24, 2.45) is 11.1 Å². The Morgan fingerprint density at radius 1 is 1.38 bits per heavy atom. The second kappa shape index (κ2) is 6.41. The number of nitrogens with zero attached hydrogens (tertiary/aromatic N) is 1. The largest absolute Gasteiger partial charge is 0.338 e. The minimum atomic E-state index is -0.0198. The number of rotatable bonds is 3. The van der Waals surface area contributed by atoms with E-state index in [1.54, 1.807) is 11.8 Å². The number of hydrogen-bond acceptors (Lipinski definition) is 3. The van der Waals surface area contributed by atoms with Gasteiger partial charge < -0.3 is 10.6 Å². The first-order valence-electron chi connectivity index (χ1n) is 7.62. The monoisotopic (exact) mass is 306 g/mol. The molecule has 3 nitrogen and oxygen atoms in total. The molecule has 1 saturated heterocycles. The lowest BCUT2D eigenvalue weighted by Crippen LogP contribution is -2.54. The van der Waals surface area contributed by atoms with E-state index in [-0.39, 0.29) is 17.4 Å². The number of carbonyl (C=O) groups excluding carboxylic acids is 1. The van der Waals surface area contributed by atoms with Crippen LogP contribution in [0.25, 0.3) is 0 Å². The second-order valence-corrected chi connectivity index (χ2v) is 8.39. The number of benzene rings is 1. The fourth-order valence-corrected chi connectivity index (χ4v) is 3.66. The van der Waals surface area contributed by atoms with Crippen LogP contribution >= 0.6 is 11.8 Å². The summed E-state index contributed by atoms with van der Waals surface area (Å²) < 4.78 is 0. The van der Waals surface area contributed by atoms with Crippen LogP contribution in [-0.2, 0) is 0 Å². The van der Waals surface area contributed by atoms with Gasteiger partial charge in [-0.1, -0.05) is 39.8 Å². The molecule has 1 amide bonds. The summed E-state index contributed by atoms with van der Waals surface area (Å²) in [7, 11) is 0. The number of hydrogen-bond donors (Lipinski definition) is 1. The molecule has 21 heavy (non-hydrogen) atoms. The van der Waals surface area contributed by atoms with Gasteiger partial charge in [0.2, 0.25) is 0 Å². The van der Waals surface area contributed by atoms with Crippen LogP contribution in [0.2, 0.25) is 0 Å². The third-order valence-corrected chi connectivity index (χ3v) is 5.16. The average Bonchev–Trinajstić information content (AvgIpc) is 2.41. The molecule has 0 bridgehead atoms. The van der Waals surface area contributed by atoms with Gasteiger partial charge in [-0.3, -0.25) is 4.79 Å². The molecule has 0 radical (unpaired) electrons. The Labute approximate surface area is 132 Å². The SMILES string of the molecule is CC(C)Sc1ccccc1C(=O)N1CCC(N)C(C)(C)C1. The van der Waals surface area contributed by atoms with Crippen molar-refractivity contribution in [3.05, 3.63) is 29.8 Å². The molecule has 0 aromatic heterocycles. The summed E-state index contributed by atoms with van der Waals surface area (Å²) in [6.45, 7) is 10.1. The summed E-state index contributed by atoms with van der Waals surface area (Å²) in [5.41, 5.74) is 6.97. The number of likely N-dealkylation sites (tertiary alicyclic amines) is 1. The molecule has 0 aliphatic carbocycles. The highest BCUT2D eigenvalue weighted by Crippen LogP contribution is 2.31. The predicted octanol–water partition coefficient (Wildman–Crippen LogP) is 3.39. The fourth-order valence-electron chi connectivity index (χ4n) is 2.72. The van der Waals surface area contributed by atoms with Crippen molar-refractivity contribution in [1.82, 2.24) is 4.90 Å². The number of thioether (sulfide) groups is 1. The first-order chi connectivity index (χ1) is 9.81. The molecule has 1 aliphatic heterocycles. The zero-order valence-electron chi connectivity index (χ0n) is 13.4. The van der Waals surface area contributed by atoms with Gasteiger partial charge in [0.1, 0.15) is 0 Å². The van der Waals surface area contributed by atoms with Crippen LogP contribution in [0.3, 0.4) is 0 Å². The molecule has 2 N–H and O–H groups in total. The van der Waals surface area contributed by atoms with E-state index in [2.05, 4.69) is 27.7 Å². The summed E-state index contributed by atoms with van der Waals surface area (Å²) in [6, 6.07) is 8.09. The van der Waals surface area contributed by atoms with Gasteiger partial charge in [-0.05, 0) is 24.0 Å². The lowest BCUT2D eigenvalue weighted by Gasteiger charge is -2.42. The molecule has 4 heteroatoms. The minimum Gasteiger partial charge on any atom is -0.338 e. The topological polar surface area (TPSA) is 46.3 Å². The van der Waals surface area contributed by atoms with E-state index in [0.717, 1.165) is 30.0 Å². The summed E-state index contributed by atoms with van der Waals surface area (Å²) in [4.78, 5) is 15.9.